The lowest BCUT2D eigenvalue weighted by Gasteiger charge is -2.03. The Labute approximate surface area is 187 Å². The number of aromatic hydroxyl groups is 1. The van der Waals surface area contributed by atoms with Crippen LogP contribution in [0.5, 0.6) is 5.75 Å². The zero-order valence-electron chi connectivity index (χ0n) is 16.1. The number of rotatable bonds is 6. The van der Waals surface area contributed by atoms with E-state index in [1.165, 1.54) is 17.6 Å². The fraction of sp³-hybridized carbons (Fsp3) is 0. The van der Waals surface area contributed by atoms with Crippen molar-refractivity contribution in [2.45, 2.75) is 0 Å². The van der Waals surface area contributed by atoms with E-state index in [0.29, 0.717) is 16.1 Å². The zero-order valence-corrected chi connectivity index (χ0v) is 17.7. The van der Waals surface area contributed by atoms with Gasteiger partial charge in [-0.15, -0.1) is 11.3 Å². The third-order valence-corrected chi connectivity index (χ3v) is 5.36. The summed E-state index contributed by atoms with van der Waals surface area (Å²) in [6.45, 7) is 0. The Hall–Kier alpha value is -3.68. The van der Waals surface area contributed by atoms with Gasteiger partial charge in [-0.2, -0.15) is 5.10 Å². The van der Waals surface area contributed by atoms with Crippen LogP contribution in [0, 0.1) is 0 Å². The molecule has 0 bridgehead atoms. The Morgan fingerprint density at radius 2 is 1.77 bits per heavy atom. The Morgan fingerprint density at radius 3 is 2.52 bits per heavy atom. The second kappa shape index (κ2) is 9.42. The molecule has 4 rings (SSSR count). The van der Waals surface area contributed by atoms with Gasteiger partial charge in [-0.25, -0.2) is 10.4 Å². The molecule has 0 fully saturated rings. The van der Waals surface area contributed by atoms with Gasteiger partial charge in [-0.1, -0.05) is 35.9 Å². The van der Waals surface area contributed by atoms with Crippen LogP contribution in [0.15, 0.2) is 83.3 Å². The number of nitrogens with zero attached hydrogens (tertiary/aromatic N) is 2. The lowest BCUT2D eigenvalue weighted by atomic mass is 10.1. The average Bonchev–Trinajstić information content (AvgIpc) is 3.25. The Kier molecular flexibility index (Phi) is 6.26. The topological polar surface area (TPSA) is 86.6 Å². The van der Waals surface area contributed by atoms with E-state index < -0.39 is 0 Å². The lowest BCUT2D eigenvalue weighted by Crippen LogP contribution is -2.17. The highest BCUT2D eigenvalue weighted by Gasteiger charge is 2.08. The first-order valence-corrected chi connectivity index (χ1v) is 10.5. The number of thiazole rings is 1. The molecule has 1 aromatic heterocycles. The number of benzene rings is 3. The van der Waals surface area contributed by atoms with Crippen LogP contribution in [0.25, 0.3) is 11.3 Å². The van der Waals surface area contributed by atoms with Gasteiger partial charge in [0.1, 0.15) is 5.75 Å². The summed E-state index contributed by atoms with van der Waals surface area (Å²) in [5.41, 5.74) is 6.05. The summed E-state index contributed by atoms with van der Waals surface area (Å²) in [7, 11) is 0. The molecule has 8 heteroatoms. The second-order valence-electron chi connectivity index (χ2n) is 6.51. The minimum Gasteiger partial charge on any atom is -0.507 e. The van der Waals surface area contributed by atoms with E-state index in [9.17, 15) is 9.90 Å². The number of hydrogen-bond acceptors (Lipinski definition) is 6. The molecule has 6 nitrogen and oxygen atoms in total. The fourth-order valence-corrected chi connectivity index (χ4v) is 3.60. The van der Waals surface area contributed by atoms with Gasteiger partial charge >= 0.3 is 0 Å². The van der Waals surface area contributed by atoms with Crippen molar-refractivity contribution in [1.82, 2.24) is 10.4 Å². The Bertz CT molecular complexity index is 1220. The molecule has 3 aromatic carbocycles. The number of anilines is 2. The monoisotopic (exact) mass is 448 g/mol. The van der Waals surface area contributed by atoms with Gasteiger partial charge in [-0.05, 0) is 48.5 Å². The third-order valence-electron chi connectivity index (χ3n) is 4.35. The van der Waals surface area contributed by atoms with Crippen LogP contribution in [-0.4, -0.2) is 22.2 Å². The number of amides is 1. The van der Waals surface area contributed by atoms with E-state index in [2.05, 4.69) is 20.8 Å². The van der Waals surface area contributed by atoms with Crippen molar-refractivity contribution in [2.24, 2.45) is 5.10 Å². The molecule has 1 heterocycles. The largest absolute Gasteiger partial charge is 0.507 e. The van der Waals surface area contributed by atoms with Gasteiger partial charge in [0.2, 0.25) is 0 Å². The number of carbonyl (C=O) groups is 1. The van der Waals surface area contributed by atoms with E-state index in [4.69, 9.17) is 11.6 Å². The highest BCUT2D eigenvalue weighted by molar-refractivity contribution is 7.14. The molecule has 0 aliphatic rings. The molecule has 0 radical (unpaired) electrons. The fourth-order valence-electron chi connectivity index (χ4n) is 2.73. The van der Waals surface area contributed by atoms with Crippen LogP contribution in [0.3, 0.4) is 0 Å². The van der Waals surface area contributed by atoms with Crippen molar-refractivity contribution in [3.8, 4) is 17.0 Å². The van der Waals surface area contributed by atoms with Crippen LogP contribution in [0.2, 0.25) is 5.02 Å². The maximum absolute atomic E-state index is 12.3. The standard InChI is InChI=1S/C23H17ClN4O2S/c24-18-9-11-19(12-10-18)26-23-27-20(14-31-23)15-5-7-16(8-6-15)22(30)28-25-13-17-3-1-2-4-21(17)29/h1-14,29H,(H,26,27)(H,28,30)/b25-13-. The highest BCUT2D eigenvalue weighted by atomic mass is 35.5. The number of hydrazone groups is 1. The van der Waals surface area contributed by atoms with Gasteiger partial charge in [-0.3, -0.25) is 4.79 Å². The minimum atomic E-state index is -0.346. The molecule has 0 saturated carbocycles. The van der Waals surface area contributed by atoms with E-state index in [-0.39, 0.29) is 11.7 Å². The molecular formula is C23H17ClN4O2S. The van der Waals surface area contributed by atoms with Gasteiger partial charge < -0.3 is 10.4 Å². The van der Waals surface area contributed by atoms with Crippen molar-refractivity contribution in [1.29, 1.82) is 0 Å². The van der Waals surface area contributed by atoms with Crippen LogP contribution < -0.4 is 10.7 Å². The first kappa shape index (κ1) is 20.6. The molecule has 0 unspecified atom stereocenters. The number of halogens is 1. The number of hydrogen-bond donors (Lipinski definition) is 3. The molecule has 154 valence electrons. The summed E-state index contributed by atoms with van der Waals surface area (Å²) in [4.78, 5) is 16.9. The number of phenols is 1. The SMILES string of the molecule is O=C(N/N=C\c1ccccc1O)c1ccc(-c2csc(Nc3ccc(Cl)cc3)n2)cc1. The van der Waals surface area contributed by atoms with E-state index in [1.54, 1.807) is 36.4 Å². The molecule has 0 atom stereocenters. The first-order chi connectivity index (χ1) is 15.1. The van der Waals surface area contributed by atoms with E-state index >= 15 is 0 Å². The first-order valence-electron chi connectivity index (χ1n) is 9.28. The predicted octanol–water partition coefficient (Wildman–Crippen LogP) is 5.68. The molecule has 0 spiro atoms. The average molecular weight is 449 g/mol. The maximum atomic E-state index is 12.3. The van der Waals surface area contributed by atoms with Crippen molar-refractivity contribution in [3.05, 3.63) is 94.3 Å². The van der Waals surface area contributed by atoms with Crippen LogP contribution in [0.1, 0.15) is 15.9 Å². The maximum Gasteiger partial charge on any atom is 0.271 e. The third kappa shape index (κ3) is 5.28. The van der Waals surface area contributed by atoms with E-state index in [1.807, 2.05) is 41.8 Å². The van der Waals surface area contributed by atoms with Crippen molar-refractivity contribution < 1.29 is 9.90 Å². The van der Waals surface area contributed by atoms with Crippen LogP contribution >= 0.6 is 22.9 Å². The molecule has 4 aromatic rings. The smallest absolute Gasteiger partial charge is 0.271 e. The second-order valence-corrected chi connectivity index (χ2v) is 7.80. The van der Waals surface area contributed by atoms with Gasteiger partial charge in [0.25, 0.3) is 5.91 Å². The summed E-state index contributed by atoms with van der Waals surface area (Å²) in [6.07, 6.45) is 1.39. The molecule has 0 aliphatic carbocycles. The number of para-hydroxylation sites is 1. The normalized spacial score (nSPS) is 10.9. The van der Waals surface area contributed by atoms with Crippen LogP contribution in [-0.2, 0) is 0 Å². The zero-order chi connectivity index (χ0) is 21.6. The quantitative estimate of drug-likeness (QED) is 0.262. The summed E-state index contributed by atoms with van der Waals surface area (Å²) >= 11 is 7.40. The Morgan fingerprint density at radius 1 is 1.03 bits per heavy atom. The van der Waals surface area contributed by atoms with Crippen molar-refractivity contribution in [2.75, 3.05) is 5.32 Å². The number of aromatic nitrogens is 1. The summed E-state index contributed by atoms with van der Waals surface area (Å²) in [5, 5.41) is 20.2. The summed E-state index contributed by atoms with van der Waals surface area (Å²) in [6, 6.07) is 21.2. The molecule has 3 N–H and O–H groups in total. The molecule has 0 aliphatic heterocycles. The number of nitrogens with one attached hydrogen (secondary N) is 2. The highest BCUT2D eigenvalue weighted by Crippen LogP contribution is 2.27. The van der Waals surface area contributed by atoms with Gasteiger partial charge in [0, 0.05) is 32.8 Å². The lowest BCUT2D eigenvalue weighted by molar-refractivity contribution is 0.0955. The van der Waals surface area contributed by atoms with Crippen molar-refractivity contribution in [3.63, 3.8) is 0 Å². The number of phenolic OH excluding ortho intramolecular Hbond substituents is 1. The molecule has 1 amide bonds. The molecular weight excluding hydrogens is 432 g/mol. The summed E-state index contributed by atoms with van der Waals surface area (Å²) in [5.74, 6) is -0.250. The van der Waals surface area contributed by atoms with Gasteiger partial charge in [0.05, 0.1) is 11.9 Å². The Balaban J connectivity index is 1.39. The van der Waals surface area contributed by atoms with Crippen LogP contribution in [0.4, 0.5) is 10.8 Å². The summed E-state index contributed by atoms with van der Waals surface area (Å²) < 4.78 is 0. The number of carbonyl (C=O) groups excluding carboxylic acids is 1. The minimum absolute atomic E-state index is 0.0954. The predicted molar refractivity (Wildman–Crippen MR) is 125 cm³/mol. The molecule has 0 saturated heterocycles. The molecule has 31 heavy (non-hydrogen) atoms. The van der Waals surface area contributed by atoms with Crippen molar-refractivity contribution >= 4 is 45.9 Å². The van der Waals surface area contributed by atoms with E-state index in [0.717, 1.165) is 22.1 Å². The van der Waals surface area contributed by atoms with Gasteiger partial charge in [0.15, 0.2) is 5.13 Å².